The van der Waals surface area contributed by atoms with Gasteiger partial charge in [0, 0.05) is 6.54 Å². The quantitative estimate of drug-likeness (QED) is 0.719. The van der Waals surface area contributed by atoms with E-state index in [1.54, 1.807) is 55.4 Å². The fourth-order valence-electron chi connectivity index (χ4n) is 2.93. The summed E-state index contributed by atoms with van der Waals surface area (Å²) in [6, 6.07) is 0. The number of fused-ring (bicyclic) bond motifs is 1. The van der Waals surface area contributed by atoms with Crippen LogP contribution in [0.15, 0.2) is 0 Å². The molecule has 3 atom stereocenters. The van der Waals surface area contributed by atoms with E-state index in [0.717, 1.165) is 4.90 Å². The number of hydrogen-bond donors (Lipinski definition) is 1. The first-order valence-electron chi connectivity index (χ1n) is 8.83. The molecule has 27 heavy (non-hydrogen) atoms. The van der Waals surface area contributed by atoms with Crippen LogP contribution >= 0.6 is 0 Å². The Morgan fingerprint density at radius 3 is 2.11 bits per heavy atom. The molecule has 2 fully saturated rings. The zero-order chi connectivity index (χ0) is 21.0. The van der Waals surface area contributed by atoms with Crippen LogP contribution in [0, 0.1) is 11.3 Å². The van der Waals surface area contributed by atoms with Crippen LogP contribution in [0.4, 0.5) is 4.79 Å². The van der Waals surface area contributed by atoms with Gasteiger partial charge in [0.1, 0.15) is 11.5 Å². The summed E-state index contributed by atoms with van der Waals surface area (Å²) >= 11 is 0. The minimum Gasteiger partial charge on any atom is -0.481 e. The lowest BCUT2D eigenvalue weighted by Crippen LogP contribution is -2.57. The van der Waals surface area contributed by atoms with Crippen molar-refractivity contribution in [3.8, 4) is 0 Å². The molecule has 0 aromatic rings. The Morgan fingerprint density at radius 2 is 1.67 bits per heavy atom. The molecule has 0 saturated carbocycles. The molecular weight excluding hydrogens is 358 g/mol. The Bertz CT molecular complexity index is 645. The van der Waals surface area contributed by atoms with Gasteiger partial charge in [0.15, 0.2) is 11.9 Å². The molecule has 2 aliphatic heterocycles. The fourth-order valence-corrected chi connectivity index (χ4v) is 2.93. The van der Waals surface area contributed by atoms with Gasteiger partial charge in [-0.05, 0) is 55.4 Å². The van der Waals surface area contributed by atoms with E-state index in [9.17, 15) is 19.5 Å². The minimum absolute atomic E-state index is 0.275. The van der Waals surface area contributed by atoms with Crippen molar-refractivity contribution in [1.29, 1.82) is 0 Å². The van der Waals surface area contributed by atoms with E-state index in [-0.39, 0.29) is 6.54 Å². The van der Waals surface area contributed by atoms with E-state index in [0.29, 0.717) is 0 Å². The van der Waals surface area contributed by atoms with Crippen molar-refractivity contribution in [2.45, 2.75) is 78.8 Å². The van der Waals surface area contributed by atoms with Gasteiger partial charge >= 0.3 is 23.9 Å². The zero-order valence-electron chi connectivity index (χ0n) is 17.1. The van der Waals surface area contributed by atoms with Crippen LogP contribution < -0.4 is 0 Å². The summed E-state index contributed by atoms with van der Waals surface area (Å²) in [5.41, 5.74) is -1.74. The molecule has 9 heteroatoms. The highest BCUT2D eigenvalue weighted by molar-refractivity contribution is 5.79. The van der Waals surface area contributed by atoms with Crippen LogP contribution in [0.5, 0.6) is 0 Å². The summed E-state index contributed by atoms with van der Waals surface area (Å²) in [5, 5.41) is 9.62. The van der Waals surface area contributed by atoms with E-state index >= 15 is 0 Å². The lowest BCUT2D eigenvalue weighted by Gasteiger charge is -2.37. The van der Waals surface area contributed by atoms with Crippen LogP contribution in [-0.4, -0.2) is 58.0 Å². The average Bonchev–Trinajstić information content (AvgIpc) is 2.82. The maximum atomic E-state index is 12.8. The Labute approximate surface area is 158 Å². The SMILES string of the molecule is CC(C)(C)OC(=O)N1C[C@@H](C(=O)O)[C@H]2OC(C)(C)O[C@]21OC(=O)C(C)(C)C. The number of ether oxygens (including phenoxy) is 4. The Hall–Kier alpha value is -1.87. The van der Waals surface area contributed by atoms with Crippen LogP contribution in [-0.2, 0) is 28.5 Å². The Kier molecular flexibility index (Phi) is 5.03. The number of carboxylic acid groups (broad SMARTS) is 1. The number of nitrogens with zero attached hydrogens (tertiary/aromatic N) is 1. The van der Waals surface area contributed by atoms with Crippen LogP contribution in [0.2, 0.25) is 0 Å². The molecule has 0 aliphatic carbocycles. The van der Waals surface area contributed by atoms with Crippen molar-refractivity contribution in [3.63, 3.8) is 0 Å². The monoisotopic (exact) mass is 387 g/mol. The van der Waals surface area contributed by atoms with Gasteiger partial charge in [-0.25, -0.2) is 9.69 Å². The summed E-state index contributed by atoms with van der Waals surface area (Å²) in [6.07, 6.45) is -2.04. The van der Waals surface area contributed by atoms with Crippen molar-refractivity contribution >= 4 is 18.0 Å². The maximum absolute atomic E-state index is 12.8. The van der Waals surface area contributed by atoms with Gasteiger partial charge in [0.25, 0.3) is 0 Å². The highest BCUT2D eigenvalue weighted by atomic mass is 16.9. The fraction of sp³-hybridized carbons (Fsp3) is 0.833. The zero-order valence-corrected chi connectivity index (χ0v) is 17.1. The van der Waals surface area contributed by atoms with Gasteiger partial charge in [-0.3, -0.25) is 14.3 Å². The van der Waals surface area contributed by atoms with E-state index in [4.69, 9.17) is 18.9 Å². The van der Waals surface area contributed by atoms with Crippen molar-refractivity contribution in [2.24, 2.45) is 11.3 Å². The second kappa shape index (κ2) is 6.34. The third-order valence-corrected chi connectivity index (χ3v) is 4.07. The molecular formula is C18H29NO8. The predicted octanol–water partition coefficient (Wildman–Crippen LogP) is 2.33. The summed E-state index contributed by atoms with van der Waals surface area (Å²) in [5.74, 6) is -6.28. The Morgan fingerprint density at radius 1 is 1.11 bits per heavy atom. The third kappa shape index (κ3) is 4.19. The highest BCUT2D eigenvalue weighted by Crippen LogP contribution is 2.49. The van der Waals surface area contributed by atoms with Crippen LogP contribution in [0.3, 0.4) is 0 Å². The Balaban J connectivity index is 2.51. The van der Waals surface area contributed by atoms with Gasteiger partial charge in [-0.2, -0.15) is 0 Å². The van der Waals surface area contributed by atoms with Crippen molar-refractivity contribution in [2.75, 3.05) is 6.54 Å². The van der Waals surface area contributed by atoms with Gasteiger partial charge < -0.3 is 19.3 Å². The molecule has 1 N–H and O–H groups in total. The smallest absolute Gasteiger partial charge is 0.415 e. The van der Waals surface area contributed by atoms with Gasteiger partial charge in [-0.1, -0.05) is 0 Å². The standard InChI is InChI=1S/C18H29NO8/c1-15(2,3)13(22)25-18-11(24-17(7,8)27-18)10(12(20)21)9-19(18)14(23)26-16(4,5)6/h10-11H,9H2,1-8H3,(H,20,21)/t10-,11-,18-/m1/s1. The van der Waals surface area contributed by atoms with E-state index in [1.807, 2.05) is 0 Å². The molecule has 0 spiro atoms. The van der Waals surface area contributed by atoms with E-state index in [1.165, 1.54) is 0 Å². The lowest BCUT2D eigenvalue weighted by molar-refractivity contribution is -0.295. The van der Waals surface area contributed by atoms with Gasteiger partial charge in [0.2, 0.25) is 0 Å². The first-order chi connectivity index (χ1) is 12.0. The van der Waals surface area contributed by atoms with Crippen molar-refractivity contribution in [1.82, 2.24) is 4.90 Å². The maximum Gasteiger partial charge on any atom is 0.415 e. The second-order valence-corrected chi connectivity index (χ2v) is 9.35. The number of carboxylic acids is 1. The first-order valence-corrected chi connectivity index (χ1v) is 8.83. The summed E-state index contributed by atoms with van der Waals surface area (Å²) in [6.45, 7) is 12.8. The molecule has 0 aromatic heterocycles. The molecule has 2 saturated heterocycles. The third-order valence-electron chi connectivity index (χ3n) is 4.07. The topological polar surface area (TPSA) is 112 Å². The molecule has 0 unspecified atom stereocenters. The largest absolute Gasteiger partial charge is 0.481 e. The number of rotatable bonds is 2. The predicted molar refractivity (Wildman–Crippen MR) is 92.4 cm³/mol. The average molecular weight is 387 g/mol. The van der Waals surface area contributed by atoms with Crippen LogP contribution in [0.1, 0.15) is 55.4 Å². The van der Waals surface area contributed by atoms with Crippen molar-refractivity contribution in [3.05, 3.63) is 0 Å². The molecule has 0 radical (unpaired) electrons. The number of esters is 1. The summed E-state index contributed by atoms with van der Waals surface area (Å²) in [7, 11) is 0. The molecule has 1 amide bonds. The second-order valence-electron chi connectivity index (χ2n) is 9.35. The normalized spacial score (nSPS) is 30.0. The number of aliphatic carboxylic acids is 1. The summed E-state index contributed by atoms with van der Waals surface area (Å²) in [4.78, 5) is 38.2. The highest BCUT2D eigenvalue weighted by Gasteiger charge is 2.71. The van der Waals surface area contributed by atoms with E-state index < -0.39 is 52.8 Å². The molecule has 2 aliphatic rings. The molecule has 0 bridgehead atoms. The summed E-state index contributed by atoms with van der Waals surface area (Å²) < 4.78 is 22.6. The first kappa shape index (κ1) is 21.4. The number of hydrogen-bond acceptors (Lipinski definition) is 7. The molecule has 0 aromatic carbocycles. The molecule has 2 rings (SSSR count). The number of carbonyl (C=O) groups excluding carboxylic acids is 2. The molecule has 2 heterocycles. The minimum atomic E-state index is -2.01. The molecule has 9 nitrogen and oxygen atoms in total. The van der Waals surface area contributed by atoms with Crippen molar-refractivity contribution < 1.29 is 38.4 Å². The van der Waals surface area contributed by atoms with Gasteiger partial charge in [0.05, 0.1) is 5.41 Å². The number of carbonyl (C=O) groups is 3. The van der Waals surface area contributed by atoms with E-state index in [2.05, 4.69) is 0 Å². The lowest BCUT2D eigenvalue weighted by atomic mass is 9.97. The van der Waals surface area contributed by atoms with Crippen LogP contribution in [0.25, 0.3) is 0 Å². The number of likely N-dealkylation sites (tertiary alicyclic amines) is 1. The molecule has 154 valence electrons. The van der Waals surface area contributed by atoms with Gasteiger partial charge in [-0.15, -0.1) is 0 Å². The number of amides is 1.